The van der Waals surface area contributed by atoms with Crippen molar-refractivity contribution in [2.45, 2.75) is 45.7 Å². The average Bonchev–Trinajstić information content (AvgIpc) is 2.89. The summed E-state index contributed by atoms with van der Waals surface area (Å²) in [6.45, 7) is 5.99. The van der Waals surface area contributed by atoms with Crippen LogP contribution in [0.3, 0.4) is 0 Å². The maximum atomic E-state index is 11.8. The molecule has 0 unspecified atom stereocenters. The molecule has 0 aliphatic heterocycles. The van der Waals surface area contributed by atoms with Crippen LogP contribution in [0.5, 0.6) is 0 Å². The summed E-state index contributed by atoms with van der Waals surface area (Å²) >= 11 is 1.43. The van der Waals surface area contributed by atoms with Gasteiger partial charge in [0.15, 0.2) is 5.13 Å². The highest BCUT2D eigenvalue weighted by molar-refractivity contribution is 7.17. The van der Waals surface area contributed by atoms with Crippen LogP contribution in [0.2, 0.25) is 0 Å². The van der Waals surface area contributed by atoms with Gasteiger partial charge in [0.05, 0.1) is 5.69 Å². The van der Waals surface area contributed by atoms with Gasteiger partial charge in [0.2, 0.25) is 0 Å². The Hall–Kier alpha value is -1.10. The van der Waals surface area contributed by atoms with Crippen molar-refractivity contribution in [2.24, 2.45) is 0 Å². The lowest BCUT2D eigenvalue weighted by atomic mass is 10.4. The van der Waals surface area contributed by atoms with Gasteiger partial charge in [-0.3, -0.25) is 4.79 Å². The summed E-state index contributed by atoms with van der Waals surface area (Å²) in [6, 6.07) is 0.736. The zero-order valence-electron chi connectivity index (χ0n) is 9.83. The summed E-state index contributed by atoms with van der Waals surface area (Å²) < 4.78 is 0. The molecule has 2 N–H and O–H groups in total. The van der Waals surface area contributed by atoms with Crippen molar-refractivity contribution in [3.05, 3.63) is 10.6 Å². The third kappa shape index (κ3) is 2.72. The second-order valence-corrected chi connectivity index (χ2v) is 5.48. The first kappa shape index (κ1) is 11.4. The van der Waals surface area contributed by atoms with E-state index in [1.807, 2.05) is 6.92 Å². The molecule has 1 aromatic rings. The Morgan fingerprint density at radius 1 is 1.50 bits per heavy atom. The van der Waals surface area contributed by atoms with Crippen LogP contribution in [-0.2, 0) is 0 Å². The first-order valence-electron chi connectivity index (χ1n) is 5.61. The van der Waals surface area contributed by atoms with E-state index in [1.165, 1.54) is 11.3 Å². The summed E-state index contributed by atoms with van der Waals surface area (Å²) in [6.07, 6.45) is 2.22. The fraction of sp³-hybridized carbons (Fsp3) is 0.636. The molecule has 1 heterocycles. The number of carbonyl (C=O) groups excluding carboxylic acids is 1. The highest BCUT2D eigenvalue weighted by Gasteiger charge is 2.25. The molecule has 1 aliphatic carbocycles. The molecule has 16 heavy (non-hydrogen) atoms. The molecule has 4 nitrogen and oxygen atoms in total. The quantitative estimate of drug-likeness (QED) is 0.846. The maximum Gasteiger partial charge on any atom is 0.263 e. The molecule has 88 valence electrons. The second kappa shape index (κ2) is 4.41. The molecule has 0 bridgehead atoms. The number of hydrogen-bond donors (Lipinski definition) is 2. The summed E-state index contributed by atoms with van der Waals surface area (Å²) in [5.74, 6) is 0.0225. The van der Waals surface area contributed by atoms with Gasteiger partial charge in [0, 0.05) is 12.1 Å². The fourth-order valence-electron chi connectivity index (χ4n) is 1.39. The summed E-state index contributed by atoms with van der Waals surface area (Å²) in [5, 5.41) is 7.03. The minimum Gasteiger partial charge on any atom is -0.359 e. The van der Waals surface area contributed by atoms with Crippen molar-refractivity contribution in [3.63, 3.8) is 0 Å². The highest BCUT2D eigenvalue weighted by Crippen LogP contribution is 2.25. The lowest BCUT2D eigenvalue weighted by molar-refractivity contribution is 0.0954. The molecule has 0 atom stereocenters. The van der Waals surface area contributed by atoms with E-state index in [4.69, 9.17) is 0 Å². The summed E-state index contributed by atoms with van der Waals surface area (Å²) in [5.41, 5.74) is 0.811. The number of aromatic nitrogens is 1. The van der Waals surface area contributed by atoms with Crippen LogP contribution in [0.4, 0.5) is 5.13 Å². The second-order valence-electron chi connectivity index (χ2n) is 4.48. The number of nitrogens with zero attached hydrogens (tertiary/aromatic N) is 1. The van der Waals surface area contributed by atoms with E-state index < -0.39 is 0 Å². The van der Waals surface area contributed by atoms with E-state index in [9.17, 15) is 4.79 Å². The van der Waals surface area contributed by atoms with Crippen molar-refractivity contribution < 1.29 is 4.79 Å². The van der Waals surface area contributed by atoms with Crippen LogP contribution >= 0.6 is 11.3 Å². The predicted octanol–water partition coefficient (Wildman–Crippen LogP) is 2.16. The maximum absolute atomic E-state index is 11.8. The Bertz CT molecular complexity index is 396. The van der Waals surface area contributed by atoms with Crippen LogP contribution in [-0.4, -0.2) is 23.0 Å². The van der Waals surface area contributed by atoms with Crippen molar-refractivity contribution in [3.8, 4) is 0 Å². The number of nitrogens with one attached hydrogen (secondary N) is 2. The third-order valence-electron chi connectivity index (χ3n) is 2.33. The predicted molar refractivity (Wildman–Crippen MR) is 66.1 cm³/mol. The van der Waals surface area contributed by atoms with Gasteiger partial charge < -0.3 is 10.6 Å². The van der Waals surface area contributed by atoms with E-state index in [2.05, 4.69) is 29.5 Å². The van der Waals surface area contributed by atoms with Crippen LogP contribution in [0.15, 0.2) is 0 Å². The molecular weight excluding hydrogens is 222 g/mol. The van der Waals surface area contributed by atoms with Crippen molar-refractivity contribution >= 4 is 22.4 Å². The van der Waals surface area contributed by atoms with Crippen LogP contribution in [0, 0.1) is 6.92 Å². The Morgan fingerprint density at radius 2 is 2.19 bits per heavy atom. The van der Waals surface area contributed by atoms with Crippen molar-refractivity contribution in [1.82, 2.24) is 10.3 Å². The molecule has 1 amide bonds. The van der Waals surface area contributed by atoms with Crippen LogP contribution < -0.4 is 10.6 Å². The van der Waals surface area contributed by atoms with Gasteiger partial charge in [-0.05, 0) is 33.6 Å². The molecule has 0 radical (unpaired) electrons. The van der Waals surface area contributed by atoms with E-state index in [0.29, 0.717) is 12.1 Å². The van der Waals surface area contributed by atoms with Crippen LogP contribution in [0.1, 0.15) is 42.1 Å². The monoisotopic (exact) mass is 239 g/mol. The van der Waals surface area contributed by atoms with Crippen LogP contribution in [0.25, 0.3) is 0 Å². The normalized spacial score (nSPS) is 15.2. The first-order valence-corrected chi connectivity index (χ1v) is 6.42. The molecule has 0 saturated heterocycles. The van der Waals surface area contributed by atoms with Gasteiger partial charge in [-0.25, -0.2) is 4.98 Å². The molecule has 1 aliphatic rings. The lowest BCUT2D eigenvalue weighted by Gasteiger charge is -2.04. The first-order chi connectivity index (χ1) is 7.56. The van der Waals surface area contributed by atoms with Gasteiger partial charge in [-0.1, -0.05) is 11.3 Å². The highest BCUT2D eigenvalue weighted by atomic mass is 32.1. The molecule has 1 fully saturated rings. The van der Waals surface area contributed by atoms with Gasteiger partial charge >= 0.3 is 0 Å². The number of carbonyl (C=O) groups is 1. The molecule has 0 aromatic carbocycles. The number of hydrogen-bond acceptors (Lipinski definition) is 4. The van der Waals surface area contributed by atoms with E-state index in [0.717, 1.165) is 28.5 Å². The number of rotatable bonds is 4. The van der Waals surface area contributed by atoms with Crippen molar-refractivity contribution in [1.29, 1.82) is 0 Å². The number of anilines is 1. The topological polar surface area (TPSA) is 54.0 Å². The third-order valence-corrected chi connectivity index (χ3v) is 3.41. The zero-order chi connectivity index (χ0) is 11.7. The van der Waals surface area contributed by atoms with Gasteiger partial charge in [0.1, 0.15) is 4.88 Å². The Labute approximate surface area is 99.5 Å². The zero-order valence-corrected chi connectivity index (χ0v) is 10.6. The Kier molecular flexibility index (Phi) is 3.14. The molecule has 0 spiro atoms. The average molecular weight is 239 g/mol. The number of aryl methyl sites for hydroxylation is 1. The fourth-order valence-corrected chi connectivity index (χ4v) is 2.41. The van der Waals surface area contributed by atoms with E-state index >= 15 is 0 Å². The lowest BCUT2D eigenvalue weighted by Crippen LogP contribution is -2.25. The van der Waals surface area contributed by atoms with E-state index in [-0.39, 0.29) is 5.91 Å². The molecule has 1 aromatic heterocycles. The number of amides is 1. The largest absolute Gasteiger partial charge is 0.359 e. The Morgan fingerprint density at radius 3 is 2.75 bits per heavy atom. The summed E-state index contributed by atoms with van der Waals surface area (Å²) in [7, 11) is 0. The van der Waals surface area contributed by atoms with Gasteiger partial charge in [0.25, 0.3) is 5.91 Å². The SMILES string of the molecule is Cc1nc(NC(C)C)sc1C(=O)NC1CC1. The Balaban J connectivity index is 2.07. The molecule has 1 saturated carbocycles. The smallest absolute Gasteiger partial charge is 0.263 e. The van der Waals surface area contributed by atoms with Crippen molar-refractivity contribution in [2.75, 3.05) is 5.32 Å². The van der Waals surface area contributed by atoms with Gasteiger partial charge in [-0.2, -0.15) is 0 Å². The van der Waals surface area contributed by atoms with E-state index in [1.54, 1.807) is 0 Å². The van der Waals surface area contributed by atoms with Gasteiger partial charge in [-0.15, -0.1) is 0 Å². The molecule has 2 rings (SSSR count). The molecular formula is C11H17N3OS. The minimum atomic E-state index is 0.0225. The molecule has 5 heteroatoms. The standard InChI is InChI=1S/C11H17N3OS/c1-6(2)12-11-13-7(3)9(16-11)10(15)14-8-4-5-8/h6,8H,4-5H2,1-3H3,(H,12,13)(H,14,15). The summed E-state index contributed by atoms with van der Waals surface area (Å²) in [4.78, 5) is 16.9. The number of thiazole rings is 1. The minimum absolute atomic E-state index is 0.0225.